The summed E-state index contributed by atoms with van der Waals surface area (Å²) in [6, 6.07) is 0.717. The second-order valence-corrected chi connectivity index (χ2v) is 12.9. The zero-order valence-electron chi connectivity index (χ0n) is 18.6. The second-order valence-electron chi connectivity index (χ2n) is 9.49. The van der Waals surface area contributed by atoms with Crippen molar-refractivity contribution >= 4 is 18.1 Å². The zero-order chi connectivity index (χ0) is 21.0. The monoisotopic (exact) mass is 521 g/mol. The standard InChI is InChI=1S/C24H34IN4O/c1-5-29(30)23-14(2)19(13-27-4)22(17-9-16(17)20-12-25-20)18(10-24-11-21(24)28-24)15(23)7-6-8-26-3/h8,13,16-17,20-21,28-29H,5-7,9-12H2,1-4H3/q-1. The van der Waals surface area contributed by atoms with Crippen LogP contribution in [0.4, 0.5) is 5.69 Å². The Morgan fingerprint density at radius 1 is 1.30 bits per heavy atom. The fourth-order valence-corrected chi connectivity index (χ4v) is 7.90. The first kappa shape index (κ1) is 21.0. The number of nitrogens with zero attached hydrogens (tertiary/aromatic N) is 2. The summed E-state index contributed by atoms with van der Waals surface area (Å²) in [7, 11) is 3.70. The number of hydroxylamine groups is 1. The van der Waals surface area contributed by atoms with Gasteiger partial charge in [0, 0.05) is 0 Å². The molecular weight excluding hydrogens is 487 g/mol. The Morgan fingerprint density at radius 2 is 2.03 bits per heavy atom. The van der Waals surface area contributed by atoms with Gasteiger partial charge in [0.25, 0.3) is 0 Å². The van der Waals surface area contributed by atoms with E-state index in [1.165, 1.54) is 39.5 Å². The summed E-state index contributed by atoms with van der Waals surface area (Å²) >= 11 is 0.477. The van der Waals surface area contributed by atoms with Crippen LogP contribution < -0.4 is 31.6 Å². The average Bonchev–Trinajstić information content (AvgIpc) is 3.54. The van der Waals surface area contributed by atoms with Crippen LogP contribution in [0.25, 0.3) is 0 Å². The van der Waals surface area contributed by atoms with E-state index in [0.717, 1.165) is 40.8 Å². The number of quaternary nitrogens is 1. The average molecular weight is 521 g/mol. The SMILES string of the molecule is CC[NH+]([O-])c1c(C)c(C=NC)c(C2CC2C2C[I-]2)c(CC23CC2N3)c1CCC=NC. The summed E-state index contributed by atoms with van der Waals surface area (Å²) in [6.45, 7) is 4.72. The molecule has 6 atom stereocenters. The minimum atomic E-state index is 0.281. The van der Waals surface area contributed by atoms with E-state index in [-0.39, 0.29) is 5.06 Å². The van der Waals surface area contributed by atoms with E-state index in [9.17, 15) is 5.21 Å². The quantitative estimate of drug-likeness (QED) is 0.136. The van der Waals surface area contributed by atoms with Gasteiger partial charge in [0.2, 0.25) is 0 Å². The molecule has 1 aromatic rings. The third-order valence-corrected chi connectivity index (χ3v) is 10.4. The van der Waals surface area contributed by atoms with E-state index in [1.54, 1.807) is 5.56 Å². The van der Waals surface area contributed by atoms with Crippen LogP contribution in [0.1, 0.15) is 59.9 Å². The van der Waals surface area contributed by atoms with Crippen LogP contribution in [0, 0.1) is 18.0 Å². The van der Waals surface area contributed by atoms with Crippen molar-refractivity contribution in [1.29, 1.82) is 0 Å². The molecule has 6 heteroatoms. The molecule has 5 nitrogen and oxygen atoms in total. The Balaban J connectivity index is 1.67. The van der Waals surface area contributed by atoms with Crippen molar-refractivity contribution in [1.82, 2.24) is 5.32 Å². The van der Waals surface area contributed by atoms with Gasteiger partial charge in [-0.2, -0.15) is 0 Å². The number of fused-ring (bicyclic) bond motifs is 1. The van der Waals surface area contributed by atoms with E-state index in [0.29, 0.717) is 39.2 Å². The molecule has 2 saturated carbocycles. The molecule has 0 amide bonds. The summed E-state index contributed by atoms with van der Waals surface area (Å²) in [5, 5.41) is 17.1. The number of rotatable bonds is 10. The fourth-order valence-electron chi connectivity index (χ4n) is 5.51. The van der Waals surface area contributed by atoms with E-state index in [1.807, 2.05) is 27.2 Å². The molecule has 0 spiro atoms. The van der Waals surface area contributed by atoms with Gasteiger partial charge in [0.05, 0.1) is 0 Å². The summed E-state index contributed by atoms with van der Waals surface area (Å²) in [5.41, 5.74) is 8.13. The van der Waals surface area contributed by atoms with Gasteiger partial charge in [0.1, 0.15) is 0 Å². The normalized spacial score (nSPS) is 34.7. The molecule has 0 bridgehead atoms. The molecule has 2 N–H and O–H groups in total. The summed E-state index contributed by atoms with van der Waals surface area (Å²) in [4.78, 5) is 8.67. The van der Waals surface area contributed by atoms with Crippen molar-refractivity contribution in [2.24, 2.45) is 15.9 Å². The van der Waals surface area contributed by atoms with Gasteiger partial charge in [-0.25, -0.2) is 0 Å². The molecule has 2 saturated heterocycles. The first-order valence-corrected chi connectivity index (χ1v) is 14.2. The Morgan fingerprint density at radius 3 is 2.60 bits per heavy atom. The maximum atomic E-state index is 13.2. The molecule has 30 heavy (non-hydrogen) atoms. The van der Waals surface area contributed by atoms with Gasteiger partial charge in [-0.15, -0.1) is 0 Å². The molecule has 1 aromatic carbocycles. The number of benzene rings is 1. The molecule has 6 unspecified atom stereocenters. The number of alkyl halides is 2. The predicted molar refractivity (Wildman–Crippen MR) is 119 cm³/mol. The van der Waals surface area contributed by atoms with E-state index in [2.05, 4.69) is 28.4 Å². The van der Waals surface area contributed by atoms with Crippen LogP contribution in [0.2, 0.25) is 0 Å². The van der Waals surface area contributed by atoms with E-state index < -0.39 is 0 Å². The van der Waals surface area contributed by atoms with Crippen LogP contribution in [-0.4, -0.2) is 53.0 Å². The molecule has 4 fully saturated rings. The van der Waals surface area contributed by atoms with Crippen molar-refractivity contribution in [3.05, 3.63) is 33.0 Å². The predicted octanol–water partition coefficient (Wildman–Crippen LogP) is -1.06. The van der Waals surface area contributed by atoms with Crippen LogP contribution >= 0.6 is 0 Å². The number of hydrogen-bond donors (Lipinski definition) is 2. The number of aliphatic imine (C=N–C) groups is 2. The minimum absolute atomic E-state index is 0.281. The summed E-state index contributed by atoms with van der Waals surface area (Å²) < 4.78 is 2.57. The van der Waals surface area contributed by atoms with Crippen LogP contribution in [0.3, 0.4) is 0 Å². The Bertz CT molecular complexity index is 901. The number of nitrogens with one attached hydrogen (secondary N) is 2. The molecule has 5 rings (SSSR count). The van der Waals surface area contributed by atoms with Gasteiger partial charge in [-0.3, -0.25) is 0 Å². The molecule has 2 aliphatic carbocycles. The first-order chi connectivity index (χ1) is 14.5. The van der Waals surface area contributed by atoms with E-state index >= 15 is 0 Å². The van der Waals surface area contributed by atoms with Gasteiger partial charge >= 0.3 is 191 Å². The van der Waals surface area contributed by atoms with Crippen molar-refractivity contribution in [2.45, 2.75) is 67.4 Å². The van der Waals surface area contributed by atoms with Crippen molar-refractivity contribution in [3.8, 4) is 0 Å². The van der Waals surface area contributed by atoms with E-state index in [4.69, 9.17) is 0 Å². The van der Waals surface area contributed by atoms with Crippen LogP contribution in [-0.2, 0) is 12.8 Å². The Kier molecular flexibility index (Phi) is 5.57. The zero-order valence-corrected chi connectivity index (χ0v) is 20.8. The topological polar surface area (TPSA) is 74.2 Å². The second kappa shape index (κ2) is 7.94. The van der Waals surface area contributed by atoms with Gasteiger partial charge in [-0.05, 0) is 0 Å². The van der Waals surface area contributed by atoms with Crippen molar-refractivity contribution in [2.75, 3.05) is 25.1 Å². The Hall–Kier alpha value is -0.830. The fraction of sp³-hybridized carbons (Fsp3) is 0.667. The maximum absolute atomic E-state index is 13.2. The third kappa shape index (κ3) is 3.67. The van der Waals surface area contributed by atoms with Crippen molar-refractivity contribution in [3.63, 3.8) is 0 Å². The van der Waals surface area contributed by atoms with Gasteiger partial charge in [-0.1, -0.05) is 0 Å². The molecule has 4 aliphatic rings. The van der Waals surface area contributed by atoms with Crippen molar-refractivity contribution < 1.29 is 26.3 Å². The summed E-state index contributed by atoms with van der Waals surface area (Å²) in [6.07, 6.45) is 9.61. The number of halogens is 1. The first-order valence-electron chi connectivity index (χ1n) is 11.4. The van der Waals surface area contributed by atoms with Crippen LogP contribution in [0.5, 0.6) is 0 Å². The van der Waals surface area contributed by atoms with Gasteiger partial charge < -0.3 is 0 Å². The van der Waals surface area contributed by atoms with Crippen LogP contribution in [0.15, 0.2) is 9.98 Å². The Labute approximate surface area is 190 Å². The molecule has 2 heterocycles. The molecule has 164 valence electrons. The molecule has 0 aromatic heterocycles. The van der Waals surface area contributed by atoms with Gasteiger partial charge in [0.15, 0.2) is 0 Å². The number of hydrogen-bond acceptors (Lipinski definition) is 4. The summed E-state index contributed by atoms with van der Waals surface area (Å²) in [5.74, 6) is 1.59. The molecule has 0 radical (unpaired) electrons. The molecule has 2 aliphatic heterocycles. The third-order valence-electron chi connectivity index (χ3n) is 7.58. The molecular formula is C24H34IN4O-.